The van der Waals surface area contributed by atoms with E-state index in [-0.39, 0.29) is 49.0 Å². The van der Waals surface area contributed by atoms with Crippen LogP contribution in [-0.2, 0) is 18.7 Å². The van der Waals surface area contributed by atoms with Gasteiger partial charge in [-0.25, -0.2) is 4.39 Å². The molecule has 0 aliphatic carbocycles. The van der Waals surface area contributed by atoms with Gasteiger partial charge >= 0.3 is 0 Å². The molecular formula is C24H28Cl2FN5O4. The average Bonchev–Trinajstić information content (AvgIpc) is 3.17. The van der Waals surface area contributed by atoms with E-state index in [9.17, 15) is 14.3 Å². The van der Waals surface area contributed by atoms with Crippen LogP contribution in [0.15, 0.2) is 35.1 Å². The second-order valence-corrected chi connectivity index (χ2v) is 9.28. The van der Waals surface area contributed by atoms with E-state index >= 15 is 0 Å². The highest BCUT2D eigenvalue weighted by Gasteiger charge is 2.42. The second-order valence-electron chi connectivity index (χ2n) is 9.28. The Morgan fingerprint density at radius 2 is 1.86 bits per heavy atom. The van der Waals surface area contributed by atoms with Crippen LogP contribution >= 0.6 is 24.8 Å². The molecule has 194 valence electrons. The summed E-state index contributed by atoms with van der Waals surface area (Å²) < 4.78 is 27.3. The molecule has 2 N–H and O–H groups in total. The first-order chi connectivity index (χ1) is 16.5. The summed E-state index contributed by atoms with van der Waals surface area (Å²) in [6.45, 7) is 3.44. The Kier molecular flexibility index (Phi) is 7.72. The molecular weight excluding hydrogens is 512 g/mol. The molecule has 9 nitrogen and oxygen atoms in total. The minimum Gasteiger partial charge on any atom is -0.484 e. The summed E-state index contributed by atoms with van der Waals surface area (Å²) in [5.74, 6) is 0.591. The summed E-state index contributed by atoms with van der Waals surface area (Å²) in [7, 11) is 0. The number of aromatic nitrogens is 3. The van der Waals surface area contributed by atoms with Crippen molar-refractivity contribution in [1.82, 2.24) is 25.0 Å². The van der Waals surface area contributed by atoms with Crippen LogP contribution in [0.4, 0.5) is 4.39 Å². The lowest BCUT2D eigenvalue weighted by atomic mass is 9.92. The molecule has 1 atom stereocenters. The van der Waals surface area contributed by atoms with Crippen molar-refractivity contribution in [3.05, 3.63) is 57.8 Å². The molecule has 3 aromatic rings. The Balaban J connectivity index is 0.00000152. The number of hydrogen-bond donors (Lipinski definition) is 2. The highest BCUT2D eigenvalue weighted by Crippen LogP contribution is 2.38. The Bertz CT molecular complexity index is 1320. The predicted molar refractivity (Wildman–Crippen MR) is 136 cm³/mol. The SMILES string of the molecule is Cl.Cl.O=c1ccc2ccc(F)c3c2n1CC3(O)CN1CCC(NCc2cc3c(nn2)OCCO3)CC1. The molecule has 5 heterocycles. The van der Waals surface area contributed by atoms with Gasteiger partial charge in [-0.1, -0.05) is 0 Å². The number of aliphatic hydroxyl groups is 1. The number of nitrogens with zero attached hydrogens (tertiary/aromatic N) is 4. The van der Waals surface area contributed by atoms with Gasteiger partial charge in [0.15, 0.2) is 5.75 Å². The molecule has 0 bridgehead atoms. The van der Waals surface area contributed by atoms with E-state index in [1.807, 2.05) is 6.07 Å². The van der Waals surface area contributed by atoms with Crippen LogP contribution in [-0.4, -0.2) is 63.7 Å². The van der Waals surface area contributed by atoms with Crippen molar-refractivity contribution >= 4 is 35.7 Å². The minimum atomic E-state index is -1.43. The third kappa shape index (κ3) is 4.76. The smallest absolute Gasteiger partial charge is 0.276 e. The summed E-state index contributed by atoms with van der Waals surface area (Å²) in [6, 6.07) is 8.34. The van der Waals surface area contributed by atoms with E-state index < -0.39 is 11.4 Å². The lowest BCUT2D eigenvalue weighted by Crippen LogP contribution is -2.48. The minimum absolute atomic E-state index is 0. The van der Waals surface area contributed by atoms with Crippen molar-refractivity contribution in [3.63, 3.8) is 0 Å². The molecule has 1 fully saturated rings. The third-order valence-electron chi connectivity index (χ3n) is 6.99. The van der Waals surface area contributed by atoms with Crippen LogP contribution in [0.25, 0.3) is 10.9 Å². The fourth-order valence-electron chi connectivity index (χ4n) is 5.33. The largest absolute Gasteiger partial charge is 0.484 e. The van der Waals surface area contributed by atoms with Crippen LogP contribution in [0.2, 0.25) is 0 Å². The lowest BCUT2D eigenvalue weighted by molar-refractivity contribution is -0.0159. The van der Waals surface area contributed by atoms with Gasteiger partial charge in [0, 0.05) is 36.8 Å². The number of rotatable bonds is 5. The van der Waals surface area contributed by atoms with E-state index in [2.05, 4.69) is 20.4 Å². The van der Waals surface area contributed by atoms with Gasteiger partial charge in [0.05, 0.1) is 17.8 Å². The molecule has 36 heavy (non-hydrogen) atoms. The van der Waals surface area contributed by atoms with Crippen LogP contribution in [0.5, 0.6) is 11.6 Å². The molecule has 1 saturated heterocycles. The fraction of sp³-hybridized carbons (Fsp3) is 0.458. The molecule has 0 spiro atoms. The number of hydrogen-bond acceptors (Lipinski definition) is 8. The van der Waals surface area contributed by atoms with Crippen molar-refractivity contribution in [2.24, 2.45) is 0 Å². The Morgan fingerprint density at radius 3 is 2.67 bits per heavy atom. The number of ether oxygens (including phenoxy) is 2. The van der Waals surface area contributed by atoms with E-state index in [0.29, 0.717) is 42.9 Å². The molecule has 3 aliphatic heterocycles. The number of nitrogens with one attached hydrogen (secondary N) is 1. The maximum Gasteiger partial charge on any atom is 0.276 e. The normalized spacial score (nSPS) is 21.2. The van der Waals surface area contributed by atoms with Gasteiger partial charge in [-0.3, -0.25) is 9.69 Å². The van der Waals surface area contributed by atoms with Gasteiger partial charge in [0.1, 0.15) is 24.6 Å². The topological polar surface area (TPSA) is 102 Å². The number of halogens is 3. The van der Waals surface area contributed by atoms with Crippen molar-refractivity contribution in [2.45, 2.75) is 37.6 Å². The molecule has 1 unspecified atom stereocenters. The highest BCUT2D eigenvalue weighted by molar-refractivity contribution is 5.86. The third-order valence-corrected chi connectivity index (χ3v) is 6.99. The number of benzene rings is 1. The fourth-order valence-corrected chi connectivity index (χ4v) is 5.33. The monoisotopic (exact) mass is 539 g/mol. The summed E-state index contributed by atoms with van der Waals surface area (Å²) in [4.78, 5) is 14.5. The number of piperidine rings is 1. The first kappa shape index (κ1) is 26.6. The number of pyridine rings is 1. The number of β-amino-alcohol motifs (C(OH)–C–C–N with tert-alkyl or cyclic N) is 1. The van der Waals surface area contributed by atoms with Crippen LogP contribution in [0.3, 0.4) is 0 Å². The quantitative estimate of drug-likeness (QED) is 0.507. The zero-order chi connectivity index (χ0) is 23.3. The van der Waals surface area contributed by atoms with Crippen LogP contribution in [0, 0.1) is 5.82 Å². The zero-order valence-electron chi connectivity index (χ0n) is 19.5. The van der Waals surface area contributed by atoms with Crippen LogP contribution in [0.1, 0.15) is 24.1 Å². The maximum absolute atomic E-state index is 14.8. The van der Waals surface area contributed by atoms with Gasteiger partial charge in [0.25, 0.3) is 11.4 Å². The molecule has 0 radical (unpaired) electrons. The molecule has 2 aromatic heterocycles. The lowest BCUT2D eigenvalue weighted by Gasteiger charge is -2.37. The number of fused-ring (bicyclic) bond motifs is 1. The summed E-state index contributed by atoms with van der Waals surface area (Å²) in [5.41, 5.74) is -0.121. The van der Waals surface area contributed by atoms with Crippen molar-refractivity contribution in [3.8, 4) is 11.6 Å². The zero-order valence-corrected chi connectivity index (χ0v) is 21.1. The van der Waals surface area contributed by atoms with Gasteiger partial charge in [0.2, 0.25) is 0 Å². The summed E-state index contributed by atoms with van der Waals surface area (Å²) >= 11 is 0. The van der Waals surface area contributed by atoms with E-state index in [1.54, 1.807) is 12.1 Å². The van der Waals surface area contributed by atoms with Crippen molar-refractivity contribution in [2.75, 3.05) is 32.8 Å². The summed E-state index contributed by atoms with van der Waals surface area (Å²) in [5, 5.41) is 24.1. The standard InChI is InChI=1S/C24H26FN5O4.2ClH/c25-18-3-1-15-2-4-20(31)30-14-24(32,21(18)22(15)30)13-29-7-5-16(6-8-29)26-12-17-11-19-23(28-27-17)34-10-9-33-19;;/h1-4,11,16,26,32H,5-10,12-14H2;2*1H. The molecule has 0 amide bonds. The van der Waals surface area contributed by atoms with Gasteiger partial charge in [-0.05, 0) is 49.5 Å². The van der Waals surface area contributed by atoms with E-state index in [1.165, 1.54) is 16.7 Å². The van der Waals surface area contributed by atoms with E-state index in [0.717, 1.165) is 37.0 Å². The molecule has 12 heteroatoms. The van der Waals surface area contributed by atoms with Gasteiger partial charge < -0.3 is 24.5 Å². The second kappa shape index (κ2) is 10.5. The van der Waals surface area contributed by atoms with Gasteiger partial charge in [-0.15, -0.1) is 29.9 Å². The Labute approximate surface area is 219 Å². The molecule has 1 aromatic carbocycles. The highest BCUT2D eigenvalue weighted by atomic mass is 35.5. The first-order valence-corrected chi connectivity index (χ1v) is 11.6. The van der Waals surface area contributed by atoms with Gasteiger partial charge in [-0.2, -0.15) is 5.10 Å². The molecule has 0 saturated carbocycles. The number of likely N-dealkylation sites (tertiary alicyclic amines) is 1. The maximum atomic E-state index is 14.8. The Hall–Kier alpha value is -2.50. The van der Waals surface area contributed by atoms with E-state index in [4.69, 9.17) is 9.47 Å². The average molecular weight is 540 g/mol. The first-order valence-electron chi connectivity index (χ1n) is 11.6. The van der Waals surface area contributed by atoms with Crippen molar-refractivity contribution in [1.29, 1.82) is 0 Å². The predicted octanol–water partition coefficient (Wildman–Crippen LogP) is 2.00. The van der Waals surface area contributed by atoms with Crippen molar-refractivity contribution < 1.29 is 19.0 Å². The molecule has 3 aliphatic rings. The molecule has 6 rings (SSSR count). The van der Waals surface area contributed by atoms with Crippen LogP contribution < -0.4 is 20.3 Å². The summed E-state index contributed by atoms with van der Waals surface area (Å²) in [6.07, 6.45) is 1.77. The Morgan fingerprint density at radius 1 is 1.11 bits per heavy atom.